The summed E-state index contributed by atoms with van der Waals surface area (Å²) in [5.41, 5.74) is 1.48. The highest BCUT2D eigenvalue weighted by molar-refractivity contribution is 9.10. The maximum absolute atomic E-state index is 10.9. The summed E-state index contributed by atoms with van der Waals surface area (Å²) in [6, 6.07) is 5.26. The predicted octanol–water partition coefficient (Wildman–Crippen LogP) is 3.38. The molecular formula is C14H18BrNO2. The van der Waals surface area contributed by atoms with E-state index in [0.717, 1.165) is 35.6 Å². The van der Waals surface area contributed by atoms with Gasteiger partial charge in [-0.2, -0.15) is 0 Å². The van der Waals surface area contributed by atoms with Crippen molar-refractivity contribution in [1.82, 2.24) is 4.90 Å². The topological polar surface area (TPSA) is 40.5 Å². The molecule has 98 valence electrons. The maximum atomic E-state index is 10.9. The molecule has 4 heteroatoms. The molecule has 0 radical (unpaired) electrons. The van der Waals surface area contributed by atoms with Gasteiger partial charge in [-0.25, -0.2) is 4.79 Å². The lowest BCUT2D eigenvalue weighted by Crippen LogP contribution is -2.25. The summed E-state index contributed by atoms with van der Waals surface area (Å²) in [7, 11) is 0. The van der Waals surface area contributed by atoms with Crippen molar-refractivity contribution >= 4 is 21.9 Å². The van der Waals surface area contributed by atoms with Crippen LogP contribution in [0.15, 0.2) is 22.7 Å². The lowest BCUT2D eigenvalue weighted by atomic mass is 10.1. The first-order chi connectivity index (χ1) is 8.60. The minimum Gasteiger partial charge on any atom is -0.478 e. The number of nitrogens with zero attached hydrogens (tertiary/aromatic N) is 1. The Morgan fingerprint density at radius 1 is 1.50 bits per heavy atom. The Bertz CT molecular complexity index is 443. The third-order valence-electron chi connectivity index (χ3n) is 3.35. The van der Waals surface area contributed by atoms with Gasteiger partial charge in [0.1, 0.15) is 0 Å². The number of benzene rings is 1. The Balaban J connectivity index is 2.05. The molecule has 18 heavy (non-hydrogen) atoms. The molecular weight excluding hydrogens is 294 g/mol. The number of rotatable bonds is 6. The zero-order chi connectivity index (χ0) is 13.1. The fraction of sp³-hybridized carbons (Fsp3) is 0.500. The van der Waals surface area contributed by atoms with Crippen molar-refractivity contribution in [2.45, 2.75) is 26.3 Å². The summed E-state index contributed by atoms with van der Waals surface area (Å²) in [5, 5.41) is 8.92. The van der Waals surface area contributed by atoms with Crippen LogP contribution < -0.4 is 0 Å². The fourth-order valence-electron chi connectivity index (χ4n) is 2.02. The summed E-state index contributed by atoms with van der Waals surface area (Å²) in [6.07, 6.45) is 2.71. The Labute approximate surface area is 116 Å². The van der Waals surface area contributed by atoms with Crippen LogP contribution in [0.4, 0.5) is 0 Å². The second kappa shape index (κ2) is 5.85. The molecule has 0 unspecified atom stereocenters. The number of hydrogen-bond donors (Lipinski definition) is 1. The van der Waals surface area contributed by atoms with Gasteiger partial charge in [0, 0.05) is 17.6 Å². The van der Waals surface area contributed by atoms with Gasteiger partial charge in [0.2, 0.25) is 0 Å². The summed E-state index contributed by atoms with van der Waals surface area (Å²) in [5.74, 6) is -0.00500. The van der Waals surface area contributed by atoms with Crippen LogP contribution in [0.25, 0.3) is 0 Å². The second-order valence-electron chi connectivity index (χ2n) is 4.88. The minimum absolute atomic E-state index is 0.330. The van der Waals surface area contributed by atoms with E-state index < -0.39 is 5.97 Å². The van der Waals surface area contributed by atoms with Crippen molar-refractivity contribution in [1.29, 1.82) is 0 Å². The second-order valence-corrected chi connectivity index (χ2v) is 5.74. The molecule has 0 heterocycles. The van der Waals surface area contributed by atoms with E-state index in [4.69, 9.17) is 5.11 Å². The highest BCUT2D eigenvalue weighted by Gasteiger charge is 2.23. The zero-order valence-electron chi connectivity index (χ0n) is 10.5. The van der Waals surface area contributed by atoms with Gasteiger partial charge in [-0.3, -0.25) is 4.90 Å². The van der Waals surface area contributed by atoms with Gasteiger partial charge in [-0.05, 0) is 43.0 Å². The molecule has 1 N–H and O–H groups in total. The zero-order valence-corrected chi connectivity index (χ0v) is 12.1. The molecule has 1 aliphatic rings. The third kappa shape index (κ3) is 3.56. The van der Waals surface area contributed by atoms with Crippen molar-refractivity contribution in [3.05, 3.63) is 33.8 Å². The number of carboxylic acids is 1. The minimum atomic E-state index is -0.882. The Hall–Kier alpha value is -0.870. The van der Waals surface area contributed by atoms with E-state index in [0.29, 0.717) is 5.56 Å². The monoisotopic (exact) mass is 311 g/mol. The molecule has 2 rings (SSSR count). The number of carbonyl (C=O) groups is 1. The molecule has 0 amide bonds. The summed E-state index contributed by atoms with van der Waals surface area (Å²) < 4.78 is 0.886. The van der Waals surface area contributed by atoms with Crippen LogP contribution >= 0.6 is 15.9 Å². The average Bonchev–Trinajstić information content (AvgIpc) is 3.14. The molecule has 0 spiro atoms. The van der Waals surface area contributed by atoms with Crippen LogP contribution in [0.1, 0.15) is 35.7 Å². The highest BCUT2D eigenvalue weighted by Crippen LogP contribution is 2.30. The molecule has 3 nitrogen and oxygen atoms in total. The Kier molecular flexibility index (Phi) is 4.40. The number of hydrogen-bond acceptors (Lipinski definition) is 2. The molecule has 1 saturated carbocycles. The average molecular weight is 312 g/mol. The first kappa shape index (κ1) is 13.6. The summed E-state index contributed by atoms with van der Waals surface area (Å²) in [6.45, 7) is 5.24. The van der Waals surface area contributed by atoms with Gasteiger partial charge < -0.3 is 5.11 Å². The molecule has 0 aliphatic heterocycles. The summed E-state index contributed by atoms with van der Waals surface area (Å²) >= 11 is 3.46. The van der Waals surface area contributed by atoms with Crippen LogP contribution in [0.2, 0.25) is 0 Å². The van der Waals surface area contributed by atoms with E-state index in [9.17, 15) is 4.79 Å². The number of halogens is 1. The number of aromatic carboxylic acids is 1. The van der Waals surface area contributed by atoms with Crippen LogP contribution in [-0.4, -0.2) is 29.1 Å². The van der Waals surface area contributed by atoms with Crippen molar-refractivity contribution in [2.75, 3.05) is 13.1 Å². The SMILES string of the molecule is CCN(Cc1ccc(C(=O)O)cc1Br)CC1CC1. The first-order valence-electron chi connectivity index (χ1n) is 6.34. The van der Waals surface area contributed by atoms with E-state index in [1.165, 1.54) is 12.8 Å². The van der Waals surface area contributed by atoms with Gasteiger partial charge in [0.25, 0.3) is 0 Å². The predicted molar refractivity (Wildman–Crippen MR) is 74.8 cm³/mol. The maximum Gasteiger partial charge on any atom is 0.335 e. The normalized spacial score (nSPS) is 15.1. The van der Waals surface area contributed by atoms with Crippen molar-refractivity contribution in [2.24, 2.45) is 5.92 Å². The van der Waals surface area contributed by atoms with Gasteiger partial charge in [-0.15, -0.1) is 0 Å². The standard InChI is InChI=1S/C14H18BrNO2/c1-2-16(8-10-3-4-10)9-12-6-5-11(14(17)18)7-13(12)15/h5-7,10H,2-4,8-9H2,1H3,(H,17,18). The van der Waals surface area contributed by atoms with Gasteiger partial charge in [0.05, 0.1) is 5.56 Å². The van der Waals surface area contributed by atoms with Crippen LogP contribution in [-0.2, 0) is 6.54 Å². The molecule has 0 bridgehead atoms. The molecule has 0 aromatic heterocycles. The lowest BCUT2D eigenvalue weighted by Gasteiger charge is -2.21. The van der Waals surface area contributed by atoms with Gasteiger partial charge >= 0.3 is 5.97 Å². The summed E-state index contributed by atoms with van der Waals surface area (Å²) in [4.78, 5) is 13.3. The molecule has 1 aromatic carbocycles. The van der Waals surface area contributed by atoms with E-state index >= 15 is 0 Å². The van der Waals surface area contributed by atoms with Crippen LogP contribution in [0, 0.1) is 5.92 Å². The fourth-order valence-corrected chi connectivity index (χ4v) is 2.52. The van der Waals surface area contributed by atoms with Crippen LogP contribution in [0.5, 0.6) is 0 Å². The molecule has 1 aromatic rings. The van der Waals surface area contributed by atoms with E-state index in [1.54, 1.807) is 12.1 Å². The van der Waals surface area contributed by atoms with Crippen molar-refractivity contribution in [3.63, 3.8) is 0 Å². The number of carboxylic acid groups (broad SMARTS) is 1. The Morgan fingerprint density at radius 2 is 2.22 bits per heavy atom. The van der Waals surface area contributed by atoms with Crippen molar-refractivity contribution < 1.29 is 9.90 Å². The van der Waals surface area contributed by atoms with E-state index in [2.05, 4.69) is 27.8 Å². The molecule has 0 atom stereocenters. The van der Waals surface area contributed by atoms with Gasteiger partial charge in [-0.1, -0.05) is 28.9 Å². The van der Waals surface area contributed by atoms with E-state index in [-0.39, 0.29) is 0 Å². The highest BCUT2D eigenvalue weighted by atomic mass is 79.9. The largest absolute Gasteiger partial charge is 0.478 e. The van der Waals surface area contributed by atoms with E-state index in [1.807, 2.05) is 6.07 Å². The van der Waals surface area contributed by atoms with Crippen LogP contribution in [0.3, 0.4) is 0 Å². The lowest BCUT2D eigenvalue weighted by molar-refractivity contribution is 0.0697. The van der Waals surface area contributed by atoms with Crippen molar-refractivity contribution in [3.8, 4) is 0 Å². The Morgan fingerprint density at radius 3 is 2.72 bits per heavy atom. The van der Waals surface area contributed by atoms with Gasteiger partial charge in [0.15, 0.2) is 0 Å². The molecule has 1 fully saturated rings. The molecule has 1 aliphatic carbocycles. The first-order valence-corrected chi connectivity index (χ1v) is 7.13. The smallest absolute Gasteiger partial charge is 0.335 e. The molecule has 0 saturated heterocycles. The quantitative estimate of drug-likeness (QED) is 0.875. The third-order valence-corrected chi connectivity index (χ3v) is 4.09.